The molecule has 0 atom stereocenters. The summed E-state index contributed by atoms with van der Waals surface area (Å²) in [7, 11) is 4.09. The Kier molecular flexibility index (Phi) is 6.90. The van der Waals surface area contributed by atoms with Crippen molar-refractivity contribution in [2.24, 2.45) is 0 Å². The summed E-state index contributed by atoms with van der Waals surface area (Å²) >= 11 is 0. The zero-order chi connectivity index (χ0) is 19.1. The molecule has 1 aliphatic heterocycles. The second-order valence-corrected chi connectivity index (χ2v) is 7.41. The quantitative estimate of drug-likeness (QED) is 0.751. The van der Waals surface area contributed by atoms with Gasteiger partial charge in [-0.25, -0.2) is 0 Å². The molecule has 27 heavy (non-hydrogen) atoms. The minimum absolute atomic E-state index is 0.0949. The molecule has 0 saturated carbocycles. The highest BCUT2D eigenvalue weighted by Gasteiger charge is 2.28. The maximum absolute atomic E-state index is 13.1. The first-order chi connectivity index (χ1) is 13.1. The topological polar surface area (TPSA) is 52.6 Å². The molecule has 1 fully saturated rings. The van der Waals surface area contributed by atoms with E-state index in [2.05, 4.69) is 36.8 Å². The molecule has 3 heterocycles. The number of rotatable bonds is 7. The van der Waals surface area contributed by atoms with Gasteiger partial charge < -0.3 is 9.80 Å². The molecule has 0 aliphatic carbocycles. The van der Waals surface area contributed by atoms with Crippen LogP contribution in [0.15, 0.2) is 49.1 Å². The minimum Gasteiger partial charge on any atom is -0.334 e. The lowest BCUT2D eigenvalue weighted by molar-refractivity contribution is 0.0548. The average Bonchev–Trinajstić information content (AvgIpc) is 2.70. The van der Waals surface area contributed by atoms with Crippen LogP contribution in [0.1, 0.15) is 28.8 Å². The average molecular weight is 367 g/mol. The molecule has 6 nitrogen and oxygen atoms in total. The first kappa shape index (κ1) is 19.5. The van der Waals surface area contributed by atoms with Gasteiger partial charge in [0.2, 0.25) is 0 Å². The summed E-state index contributed by atoms with van der Waals surface area (Å²) < 4.78 is 0. The van der Waals surface area contributed by atoms with Crippen molar-refractivity contribution in [3.8, 4) is 0 Å². The third-order valence-corrected chi connectivity index (χ3v) is 5.11. The highest BCUT2D eigenvalue weighted by atomic mass is 16.2. The standard InChI is InChI=1S/C21H29N5O/c1-24(2)14-15-26(21(27)19-4-3-9-23-16-19)20-7-12-25(13-8-20)17-18-5-10-22-11-6-18/h3-6,9-11,16,20H,7-8,12-15,17H2,1-2H3. The number of likely N-dealkylation sites (N-methyl/N-ethyl adjacent to an activating group) is 1. The van der Waals surface area contributed by atoms with Crippen LogP contribution in [0.2, 0.25) is 0 Å². The molecule has 0 N–H and O–H groups in total. The zero-order valence-corrected chi connectivity index (χ0v) is 16.3. The van der Waals surface area contributed by atoms with Gasteiger partial charge in [-0.2, -0.15) is 0 Å². The molecule has 1 aliphatic rings. The Labute approximate surface area is 161 Å². The summed E-state index contributed by atoms with van der Waals surface area (Å²) in [5, 5.41) is 0. The number of amides is 1. The van der Waals surface area contributed by atoms with Gasteiger partial charge in [0.15, 0.2) is 0 Å². The lowest BCUT2D eigenvalue weighted by Crippen LogP contribution is -2.49. The van der Waals surface area contributed by atoms with Crippen molar-refractivity contribution in [3.05, 3.63) is 60.2 Å². The Hall–Kier alpha value is -2.31. The van der Waals surface area contributed by atoms with Crippen LogP contribution >= 0.6 is 0 Å². The van der Waals surface area contributed by atoms with E-state index in [1.54, 1.807) is 12.4 Å². The van der Waals surface area contributed by atoms with Gasteiger partial charge in [0, 0.05) is 63.6 Å². The van der Waals surface area contributed by atoms with Gasteiger partial charge in [0.05, 0.1) is 5.56 Å². The summed E-state index contributed by atoms with van der Waals surface area (Å²) in [5.74, 6) is 0.0949. The number of likely N-dealkylation sites (tertiary alicyclic amines) is 1. The van der Waals surface area contributed by atoms with Crippen LogP contribution in [-0.2, 0) is 6.54 Å². The van der Waals surface area contributed by atoms with E-state index in [-0.39, 0.29) is 11.9 Å². The summed E-state index contributed by atoms with van der Waals surface area (Å²) in [6, 6.07) is 8.11. The molecule has 2 aromatic rings. The number of hydrogen-bond donors (Lipinski definition) is 0. The fourth-order valence-corrected chi connectivity index (χ4v) is 3.55. The number of aromatic nitrogens is 2. The largest absolute Gasteiger partial charge is 0.334 e. The summed E-state index contributed by atoms with van der Waals surface area (Å²) in [6.07, 6.45) is 9.08. The van der Waals surface area contributed by atoms with Crippen LogP contribution in [0.5, 0.6) is 0 Å². The second kappa shape index (κ2) is 9.58. The molecule has 1 amide bonds. The number of piperidine rings is 1. The third-order valence-electron chi connectivity index (χ3n) is 5.11. The molecule has 144 valence electrons. The van der Waals surface area contributed by atoms with Gasteiger partial charge >= 0.3 is 0 Å². The zero-order valence-electron chi connectivity index (χ0n) is 16.3. The van der Waals surface area contributed by atoms with Crippen LogP contribution < -0.4 is 0 Å². The first-order valence-corrected chi connectivity index (χ1v) is 9.60. The highest BCUT2D eigenvalue weighted by Crippen LogP contribution is 2.20. The smallest absolute Gasteiger partial charge is 0.255 e. The number of hydrogen-bond acceptors (Lipinski definition) is 5. The summed E-state index contributed by atoms with van der Waals surface area (Å²) in [5.41, 5.74) is 1.97. The maximum atomic E-state index is 13.1. The second-order valence-electron chi connectivity index (χ2n) is 7.41. The molecule has 0 aromatic carbocycles. The Morgan fingerprint density at radius 2 is 1.81 bits per heavy atom. The molecular formula is C21H29N5O. The molecule has 0 bridgehead atoms. The van der Waals surface area contributed by atoms with E-state index in [9.17, 15) is 4.79 Å². The molecule has 6 heteroatoms. The summed E-state index contributed by atoms with van der Waals surface area (Å²) in [4.78, 5) is 27.9. The predicted molar refractivity (Wildman–Crippen MR) is 106 cm³/mol. The Morgan fingerprint density at radius 3 is 2.44 bits per heavy atom. The van der Waals surface area contributed by atoms with Crippen LogP contribution in [0.25, 0.3) is 0 Å². The Bertz CT molecular complexity index is 699. The van der Waals surface area contributed by atoms with E-state index in [0.717, 1.165) is 45.6 Å². The van der Waals surface area contributed by atoms with E-state index in [1.165, 1.54) is 5.56 Å². The Morgan fingerprint density at radius 1 is 1.07 bits per heavy atom. The molecule has 0 unspecified atom stereocenters. The lowest BCUT2D eigenvalue weighted by atomic mass is 10.0. The van der Waals surface area contributed by atoms with Crippen molar-refractivity contribution < 1.29 is 4.79 Å². The molecule has 0 spiro atoms. The third kappa shape index (κ3) is 5.58. The SMILES string of the molecule is CN(C)CCN(C(=O)c1cccnc1)C1CCN(Cc2ccncc2)CC1. The first-order valence-electron chi connectivity index (χ1n) is 9.60. The van der Waals surface area contributed by atoms with E-state index >= 15 is 0 Å². The van der Waals surface area contributed by atoms with Crippen molar-refractivity contribution in [2.75, 3.05) is 40.3 Å². The minimum atomic E-state index is 0.0949. The van der Waals surface area contributed by atoms with E-state index < -0.39 is 0 Å². The molecule has 0 radical (unpaired) electrons. The van der Waals surface area contributed by atoms with E-state index in [0.29, 0.717) is 5.56 Å². The van der Waals surface area contributed by atoms with Gasteiger partial charge in [0.1, 0.15) is 0 Å². The normalized spacial score (nSPS) is 15.8. The number of pyridine rings is 2. The van der Waals surface area contributed by atoms with Crippen molar-refractivity contribution in [1.29, 1.82) is 0 Å². The van der Waals surface area contributed by atoms with Crippen molar-refractivity contribution in [3.63, 3.8) is 0 Å². The monoisotopic (exact) mass is 367 g/mol. The maximum Gasteiger partial charge on any atom is 0.255 e. The summed E-state index contributed by atoms with van der Waals surface area (Å²) in [6.45, 7) is 4.57. The fourth-order valence-electron chi connectivity index (χ4n) is 3.55. The molecular weight excluding hydrogens is 338 g/mol. The van der Waals surface area contributed by atoms with E-state index in [1.807, 2.05) is 38.6 Å². The van der Waals surface area contributed by atoms with Crippen LogP contribution in [0.4, 0.5) is 0 Å². The molecule has 1 saturated heterocycles. The van der Waals surface area contributed by atoms with Crippen LogP contribution in [0, 0.1) is 0 Å². The van der Waals surface area contributed by atoms with Gasteiger partial charge in [-0.15, -0.1) is 0 Å². The molecule has 3 rings (SSSR count). The van der Waals surface area contributed by atoms with Crippen molar-refractivity contribution in [1.82, 2.24) is 24.7 Å². The fraction of sp³-hybridized carbons (Fsp3) is 0.476. The van der Waals surface area contributed by atoms with Crippen LogP contribution in [-0.4, -0.2) is 76.9 Å². The lowest BCUT2D eigenvalue weighted by Gasteiger charge is -2.39. The van der Waals surface area contributed by atoms with Crippen LogP contribution in [0.3, 0.4) is 0 Å². The number of carbonyl (C=O) groups excluding carboxylic acids is 1. The number of nitrogens with zero attached hydrogens (tertiary/aromatic N) is 5. The van der Waals surface area contributed by atoms with Crippen molar-refractivity contribution in [2.45, 2.75) is 25.4 Å². The van der Waals surface area contributed by atoms with Crippen molar-refractivity contribution >= 4 is 5.91 Å². The van der Waals surface area contributed by atoms with E-state index in [4.69, 9.17) is 0 Å². The van der Waals surface area contributed by atoms with Gasteiger partial charge in [-0.3, -0.25) is 19.7 Å². The highest BCUT2D eigenvalue weighted by molar-refractivity contribution is 5.94. The van der Waals surface area contributed by atoms with Gasteiger partial charge in [-0.1, -0.05) is 0 Å². The van der Waals surface area contributed by atoms with Gasteiger partial charge in [0.25, 0.3) is 5.91 Å². The predicted octanol–water partition coefficient (Wildman–Crippen LogP) is 2.14. The van der Waals surface area contributed by atoms with Gasteiger partial charge in [-0.05, 0) is 56.8 Å². The number of carbonyl (C=O) groups is 1. The Balaban J connectivity index is 1.62. The molecule has 2 aromatic heterocycles.